The lowest BCUT2D eigenvalue weighted by Gasteiger charge is -2.28. The van der Waals surface area contributed by atoms with Crippen molar-refractivity contribution in [1.82, 2.24) is 29.2 Å². The molecule has 124 valence electrons. The number of rotatable bonds is 3. The van der Waals surface area contributed by atoms with E-state index in [1.54, 1.807) is 40.2 Å². The number of aromatic nitrogens is 5. The lowest BCUT2D eigenvalue weighted by Crippen LogP contribution is -2.38. The average molecular weight is 333 g/mol. The highest BCUT2D eigenvalue weighted by atomic mass is 16.2. The Morgan fingerprint density at radius 3 is 2.80 bits per heavy atom. The fourth-order valence-electron chi connectivity index (χ4n) is 2.97. The number of imidazole rings is 1. The van der Waals surface area contributed by atoms with Gasteiger partial charge in [-0.2, -0.15) is 10.4 Å². The van der Waals surface area contributed by atoms with E-state index in [2.05, 4.69) is 25.7 Å². The zero-order chi connectivity index (χ0) is 17.2. The molecule has 0 saturated carbocycles. The summed E-state index contributed by atoms with van der Waals surface area (Å²) in [5.41, 5.74) is 2.18. The van der Waals surface area contributed by atoms with Crippen LogP contribution in [0.4, 0.5) is 0 Å². The largest absolute Gasteiger partial charge is 0.329 e. The highest BCUT2D eigenvalue weighted by molar-refractivity contribution is 5.94. The maximum absolute atomic E-state index is 12.7. The lowest BCUT2D eigenvalue weighted by atomic mass is 10.1. The van der Waals surface area contributed by atoms with Gasteiger partial charge in [0.2, 0.25) is 0 Å². The van der Waals surface area contributed by atoms with E-state index < -0.39 is 0 Å². The number of fused-ring (bicyclic) bond motifs is 1. The SMILES string of the molecule is N#Cc1ccc(C(=O)N2CCn3c(Cn4cncn4)cnc3C2)cc1. The molecule has 1 amide bonds. The molecular weight excluding hydrogens is 318 g/mol. The van der Waals surface area contributed by atoms with E-state index >= 15 is 0 Å². The summed E-state index contributed by atoms with van der Waals surface area (Å²) in [6, 6.07) is 8.76. The second kappa shape index (κ2) is 6.20. The summed E-state index contributed by atoms with van der Waals surface area (Å²) in [6.07, 6.45) is 5.00. The van der Waals surface area contributed by atoms with Gasteiger partial charge in [-0.05, 0) is 24.3 Å². The highest BCUT2D eigenvalue weighted by Crippen LogP contribution is 2.17. The molecule has 0 N–H and O–H groups in total. The van der Waals surface area contributed by atoms with Gasteiger partial charge in [0.05, 0.1) is 36.6 Å². The Morgan fingerprint density at radius 2 is 2.08 bits per heavy atom. The Balaban J connectivity index is 1.50. The van der Waals surface area contributed by atoms with E-state index in [-0.39, 0.29) is 5.91 Å². The Bertz CT molecular complexity index is 935. The van der Waals surface area contributed by atoms with Crippen LogP contribution >= 0.6 is 0 Å². The van der Waals surface area contributed by atoms with Gasteiger partial charge < -0.3 is 9.47 Å². The van der Waals surface area contributed by atoms with Crippen molar-refractivity contribution in [2.45, 2.75) is 19.6 Å². The standard InChI is InChI=1S/C17H15N7O/c18-7-13-1-3-14(4-2-13)17(25)22-5-6-24-15(8-20-16(24)10-22)9-23-12-19-11-21-23/h1-4,8,11-12H,5-6,9-10H2. The summed E-state index contributed by atoms with van der Waals surface area (Å²) in [7, 11) is 0. The van der Waals surface area contributed by atoms with Crippen LogP contribution in [0.2, 0.25) is 0 Å². The second-order valence-electron chi connectivity index (χ2n) is 5.83. The fraction of sp³-hybridized carbons (Fsp3) is 0.235. The fourth-order valence-corrected chi connectivity index (χ4v) is 2.97. The summed E-state index contributed by atoms with van der Waals surface area (Å²) in [5.74, 6) is 0.819. The summed E-state index contributed by atoms with van der Waals surface area (Å²) in [6.45, 7) is 2.39. The maximum atomic E-state index is 12.7. The predicted octanol–water partition coefficient (Wildman–Crippen LogP) is 1.05. The normalized spacial score (nSPS) is 13.3. The maximum Gasteiger partial charge on any atom is 0.254 e. The van der Waals surface area contributed by atoms with Crippen LogP contribution in [0.3, 0.4) is 0 Å². The first-order chi connectivity index (χ1) is 12.2. The van der Waals surface area contributed by atoms with Gasteiger partial charge in [-0.15, -0.1) is 0 Å². The first-order valence-corrected chi connectivity index (χ1v) is 7.90. The molecule has 0 atom stereocenters. The van der Waals surface area contributed by atoms with Crippen molar-refractivity contribution < 1.29 is 4.79 Å². The lowest BCUT2D eigenvalue weighted by molar-refractivity contribution is 0.0706. The van der Waals surface area contributed by atoms with E-state index in [0.717, 1.165) is 11.5 Å². The van der Waals surface area contributed by atoms with Crippen LogP contribution in [0.1, 0.15) is 27.4 Å². The summed E-state index contributed by atoms with van der Waals surface area (Å²) >= 11 is 0. The molecule has 3 aromatic rings. The number of amides is 1. The minimum atomic E-state index is -0.0448. The number of carbonyl (C=O) groups is 1. The molecule has 4 rings (SSSR count). The molecule has 0 bridgehead atoms. The first-order valence-electron chi connectivity index (χ1n) is 7.90. The van der Waals surface area contributed by atoms with E-state index in [9.17, 15) is 4.79 Å². The van der Waals surface area contributed by atoms with Crippen LogP contribution in [0.15, 0.2) is 43.1 Å². The first kappa shape index (κ1) is 15.1. The van der Waals surface area contributed by atoms with Crippen molar-refractivity contribution in [3.05, 3.63) is 65.8 Å². The number of benzene rings is 1. The van der Waals surface area contributed by atoms with Crippen molar-refractivity contribution in [3.8, 4) is 6.07 Å². The van der Waals surface area contributed by atoms with Crippen LogP contribution < -0.4 is 0 Å². The van der Waals surface area contributed by atoms with Crippen molar-refractivity contribution in [3.63, 3.8) is 0 Å². The highest BCUT2D eigenvalue weighted by Gasteiger charge is 2.24. The van der Waals surface area contributed by atoms with Crippen molar-refractivity contribution >= 4 is 5.91 Å². The van der Waals surface area contributed by atoms with Crippen molar-refractivity contribution in [2.24, 2.45) is 0 Å². The number of nitrogens with zero attached hydrogens (tertiary/aromatic N) is 7. The Kier molecular flexibility index (Phi) is 3.74. The molecule has 1 aromatic carbocycles. The zero-order valence-corrected chi connectivity index (χ0v) is 13.4. The Hall–Kier alpha value is -3.47. The van der Waals surface area contributed by atoms with Gasteiger partial charge in [0.25, 0.3) is 5.91 Å². The van der Waals surface area contributed by atoms with E-state index in [1.807, 2.05) is 6.20 Å². The molecule has 3 heterocycles. The molecule has 1 aliphatic rings. The molecule has 0 radical (unpaired) electrons. The molecule has 0 unspecified atom stereocenters. The summed E-state index contributed by atoms with van der Waals surface area (Å²) in [5, 5.41) is 13.0. The van der Waals surface area contributed by atoms with E-state index in [1.165, 1.54) is 6.33 Å². The van der Waals surface area contributed by atoms with E-state index in [0.29, 0.717) is 37.3 Å². The van der Waals surface area contributed by atoms with Gasteiger partial charge in [-0.1, -0.05) is 0 Å². The molecule has 8 heteroatoms. The average Bonchev–Trinajstić information content (AvgIpc) is 3.31. The molecule has 2 aromatic heterocycles. The van der Waals surface area contributed by atoms with Gasteiger partial charge in [0, 0.05) is 18.7 Å². The van der Waals surface area contributed by atoms with Gasteiger partial charge >= 0.3 is 0 Å². The van der Waals surface area contributed by atoms with Crippen LogP contribution in [-0.4, -0.2) is 41.7 Å². The van der Waals surface area contributed by atoms with Gasteiger partial charge in [0.1, 0.15) is 18.5 Å². The third-order valence-corrected chi connectivity index (χ3v) is 4.29. The minimum absolute atomic E-state index is 0.0448. The minimum Gasteiger partial charge on any atom is -0.329 e. The Morgan fingerprint density at radius 1 is 1.24 bits per heavy atom. The molecule has 0 spiro atoms. The van der Waals surface area contributed by atoms with Crippen molar-refractivity contribution in [1.29, 1.82) is 5.26 Å². The third kappa shape index (κ3) is 2.87. The molecule has 0 aliphatic carbocycles. The molecule has 8 nitrogen and oxygen atoms in total. The van der Waals surface area contributed by atoms with Gasteiger partial charge in [0.15, 0.2) is 0 Å². The summed E-state index contributed by atoms with van der Waals surface area (Å²) in [4.78, 5) is 22.8. The molecule has 0 saturated heterocycles. The van der Waals surface area contributed by atoms with E-state index in [4.69, 9.17) is 5.26 Å². The number of hydrogen-bond acceptors (Lipinski definition) is 5. The van der Waals surface area contributed by atoms with Crippen LogP contribution in [0.25, 0.3) is 0 Å². The summed E-state index contributed by atoms with van der Waals surface area (Å²) < 4.78 is 3.88. The number of nitriles is 1. The second-order valence-corrected chi connectivity index (χ2v) is 5.83. The Labute approximate surface area is 144 Å². The quantitative estimate of drug-likeness (QED) is 0.714. The topological polar surface area (TPSA) is 92.6 Å². The molecule has 25 heavy (non-hydrogen) atoms. The monoisotopic (exact) mass is 333 g/mol. The van der Waals surface area contributed by atoms with Crippen LogP contribution in [-0.2, 0) is 19.6 Å². The third-order valence-electron chi connectivity index (χ3n) is 4.29. The molecule has 0 fully saturated rings. The molecule has 1 aliphatic heterocycles. The number of hydrogen-bond donors (Lipinski definition) is 0. The zero-order valence-electron chi connectivity index (χ0n) is 13.4. The van der Waals surface area contributed by atoms with Gasteiger partial charge in [-0.25, -0.2) is 14.6 Å². The van der Waals surface area contributed by atoms with Crippen molar-refractivity contribution in [2.75, 3.05) is 6.54 Å². The van der Waals surface area contributed by atoms with Gasteiger partial charge in [-0.3, -0.25) is 4.79 Å². The van der Waals surface area contributed by atoms with Crippen LogP contribution in [0.5, 0.6) is 0 Å². The van der Waals surface area contributed by atoms with Crippen LogP contribution in [0, 0.1) is 11.3 Å². The number of carbonyl (C=O) groups excluding carboxylic acids is 1. The molecular formula is C17H15N7O. The smallest absolute Gasteiger partial charge is 0.254 e. The predicted molar refractivity (Wildman–Crippen MR) is 87.2 cm³/mol.